The molecule has 0 saturated heterocycles. The van der Waals surface area contributed by atoms with Crippen molar-refractivity contribution in [1.82, 2.24) is 5.32 Å². The summed E-state index contributed by atoms with van der Waals surface area (Å²) in [4.78, 5) is 0. The van der Waals surface area contributed by atoms with E-state index in [1.807, 2.05) is 30.3 Å². The van der Waals surface area contributed by atoms with Crippen molar-refractivity contribution in [1.29, 1.82) is 0 Å². The lowest BCUT2D eigenvalue weighted by Gasteiger charge is -2.21. The number of benzene rings is 1. The molecule has 1 aliphatic carbocycles. The van der Waals surface area contributed by atoms with E-state index in [0.29, 0.717) is 12.1 Å². The van der Waals surface area contributed by atoms with E-state index in [2.05, 4.69) is 5.32 Å². The molecule has 3 heteroatoms. The molecular formula is C13H20N2O. The highest BCUT2D eigenvalue weighted by Gasteiger charge is 2.24. The molecule has 1 fully saturated rings. The molecule has 1 aromatic carbocycles. The van der Waals surface area contributed by atoms with E-state index < -0.39 is 0 Å². The third kappa shape index (κ3) is 2.82. The number of aliphatic hydroxyl groups excluding tert-OH is 1. The van der Waals surface area contributed by atoms with Crippen molar-refractivity contribution >= 4 is 0 Å². The van der Waals surface area contributed by atoms with Gasteiger partial charge in [-0.05, 0) is 24.8 Å². The summed E-state index contributed by atoms with van der Waals surface area (Å²) in [6, 6.07) is 10.9. The molecule has 88 valence electrons. The molecule has 2 unspecified atom stereocenters. The van der Waals surface area contributed by atoms with Crippen LogP contribution in [0.15, 0.2) is 30.3 Å². The number of hydrogen-bond acceptors (Lipinski definition) is 3. The van der Waals surface area contributed by atoms with Gasteiger partial charge in [0, 0.05) is 12.1 Å². The normalized spacial score (nSPS) is 26.9. The minimum absolute atomic E-state index is 0.0384. The van der Waals surface area contributed by atoms with Crippen LogP contribution in [-0.2, 0) is 0 Å². The van der Waals surface area contributed by atoms with E-state index in [4.69, 9.17) is 5.73 Å². The lowest BCUT2D eigenvalue weighted by atomic mass is 10.1. The smallest absolute Gasteiger partial charge is 0.0626 e. The maximum atomic E-state index is 9.41. The molecule has 0 spiro atoms. The van der Waals surface area contributed by atoms with Gasteiger partial charge in [-0.3, -0.25) is 0 Å². The van der Waals surface area contributed by atoms with Crippen LogP contribution in [0.1, 0.15) is 30.9 Å². The topological polar surface area (TPSA) is 58.3 Å². The van der Waals surface area contributed by atoms with E-state index in [-0.39, 0.29) is 12.6 Å². The van der Waals surface area contributed by atoms with Crippen LogP contribution >= 0.6 is 0 Å². The van der Waals surface area contributed by atoms with Gasteiger partial charge in [0.05, 0.1) is 12.6 Å². The first kappa shape index (κ1) is 11.6. The molecule has 0 heterocycles. The van der Waals surface area contributed by atoms with Crippen molar-refractivity contribution in [2.75, 3.05) is 6.61 Å². The van der Waals surface area contributed by atoms with Crippen LogP contribution in [0.3, 0.4) is 0 Å². The third-order valence-electron chi connectivity index (χ3n) is 3.29. The molecule has 0 radical (unpaired) electrons. The first-order valence-corrected chi connectivity index (χ1v) is 5.97. The Labute approximate surface area is 96.7 Å². The lowest BCUT2D eigenvalue weighted by Crippen LogP contribution is -2.34. The zero-order chi connectivity index (χ0) is 11.4. The SMILES string of the molecule is NC1CCC(N[C@H](CO)c2ccccc2)C1. The van der Waals surface area contributed by atoms with Crippen molar-refractivity contribution in [2.45, 2.75) is 37.4 Å². The van der Waals surface area contributed by atoms with E-state index in [9.17, 15) is 5.11 Å². The Morgan fingerprint density at radius 3 is 2.62 bits per heavy atom. The predicted molar refractivity (Wildman–Crippen MR) is 65.0 cm³/mol. The standard InChI is InChI=1S/C13H20N2O/c14-11-6-7-12(8-11)15-13(9-16)10-4-2-1-3-5-10/h1-5,11-13,15-16H,6-9,14H2/t11?,12?,13-/m1/s1. The maximum absolute atomic E-state index is 9.41. The van der Waals surface area contributed by atoms with Gasteiger partial charge in [0.2, 0.25) is 0 Å². The van der Waals surface area contributed by atoms with Gasteiger partial charge in [-0.15, -0.1) is 0 Å². The van der Waals surface area contributed by atoms with E-state index in [1.165, 1.54) is 0 Å². The van der Waals surface area contributed by atoms with Gasteiger partial charge >= 0.3 is 0 Å². The first-order valence-electron chi connectivity index (χ1n) is 5.97. The number of nitrogens with one attached hydrogen (secondary N) is 1. The Kier molecular flexibility index (Phi) is 3.93. The van der Waals surface area contributed by atoms with E-state index in [0.717, 1.165) is 24.8 Å². The van der Waals surface area contributed by atoms with Crippen molar-refractivity contribution in [3.05, 3.63) is 35.9 Å². The van der Waals surface area contributed by atoms with Crippen molar-refractivity contribution in [3.63, 3.8) is 0 Å². The maximum Gasteiger partial charge on any atom is 0.0626 e. The molecule has 3 atom stereocenters. The molecule has 1 aromatic rings. The second-order valence-corrected chi connectivity index (χ2v) is 4.58. The second-order valence-electron chi connectivity index (χ2n) is 4.58. The summed E-state index contributed by atoms with van der Waals surface area (Å²) in [5.74, 6) is 0. The second kappa shape index (κ2) is 5.43. The summed E-state index contributed by atoms with van der Waals surface area (Å²) in [7, 11) is 0. The van der Waals surface area contributed by atoms with Gasteiger partial charge in [-0.2, -0.15) is 0 Å². The molecule has 2 rings (SSSR count). The molecule has 0 aliphatic heterocycles. The zero-order valence-corrected chi connectivity index (χ0v) is 9.47. The van der Waals surface area contributed by atoms with Crippen molar-refractivity contribution in [2.24, 2.45) is 5.73 Å². The van der Waals surface area contributed by atoms with Crippen LogP contribution in [0, 0.1) is 0 Å². The summed E-state index contributed by atoms with van der Waals surface area (Å²) in [5.41, 5.74) is 7.02. The number of aliphatic hydroxyl groups is 1. The fourth-order valence-electron chi connectivity index (χ4n) is 2.39. The van der Waals surface area contributed by atoms with E-state index in [1.54, 1.807) is 0 Å². The van der Waals surface area contributed by atoms with Gasteiger partial charge in [0.15, 0.2) is 0 Å². The number of nitrogens with two attached hydrogens (primary N) is 1. The van der Waals surface area contributed by atoms with Crippen molar-refractivity contribution < 1.29 is 5.11 Å². The van der Waals surface area contributed by atoms with E-state index >= 15 is 0 Å². The van der Waals surface area contributed by atoms with Gasteiger partial charge in [0.1, 0.15) is 0 Å². The molecule has 1 saturated carbocycles. The lowest BCUT2D eigenvalue weighted by molar-refractivity contribution is 0.232. The largest absolute Gasteiger partial charge is 0.394 e. The summed E-state index contributed by atoms with van der Waals surface area (Å²) in [5, 5.41) is 12.9. The van der Waals surface area contributed by atoms with Crippen LogP contribution in [0.2, 0.25) is 0 Å². The summed E-state index contributed by atoms with van der Waals surface area (Å²) >= 11 is 0. The molecule has 4 N–H and O–H groups in total. The minimum Gasteiger partial charge on any atom is -0.394 e. The minimum atomic E-state index is 0.0384. The number of rotatable bonds is 4. The predicted octanol–water partition coefficient (Wildman–Crippen LogP) is 1.19. The van der Waals surface area contributed by atoms with Gasteiger partial charge in [-0.1, -0.05) is 30.3 Å². The Balaban J connectivity index is 1.96. The summed E-state index contributed by atoms with van der Waals surface area (Å²) in [6.07, 6.45) is 3.22. The number of hydrogen-bond donors (Lipinski definition) is 3. The average molecular weight is 220 g/mol. The Morgan fingerprint density at radius 2 is 2.06 bits per heavy atom. The monoisotopic (exact) mass is 220 g/mol. The first-order chi connectivity index (χ1) is 7.79. The fraction of sp³-hybridized carbons (Fsp3) is 0.538. The van der Waals surface area contributed by atoms with Gasteiger partial charge < -0.3 is 16.2 Å². The van der Waals surface area contributed by atoms with Crippen LogP contribution < -0.4 is 11.1 Å². The van der Waals surface area contributed by atoms with Gasteiger partial charge in [-0.25, -0.2) is 0 Å². The molecule has 16 heavy (non-hydrogen) atoms. The molecule has 0 amide bonds. The highest BCUT2D eigenvalue weighted by atomic mass is 16.3. The molecule has 0 bridgehead atoms. The molecule has 3 nitrogen and oxygen atoms in total. The Hall–Kier alpha value is -0.900. The molecule has 0 aromatic heterocycles. The summed E-state index contributed by atoms with van der Waals surface area (Å²) < 4.78 is 0. The highest BCUT2D eigenvalue weighted by Crippen LogP contribution is 2.21. The summed E-state index contributed by atoms with van der Waals surface area (Å²) in [6.45, 7) is 0.135. The highest BCUT2D eigenvalue weighted by molar-refractivity contribution is 5.19. The van der Waals surface area contributed by atoms with Crippen LogP contribution in [-0.4, -0.2) is 23.8 Å². The van der Waals surface area contributed by atoms with Crippen LogP contribution in [0.4, 0.5) is 0 Å². The molecule has 1 aliphatic rings. The van der Waals surface area contributed by atoms with Gasteiger partial charge in [0.25, 0.3) is 0 Å². The fourth-order valence-corrected chi connectivity index (χ4v) is 2.39. The third-order valence-corrected chi connectivity index (χ3v) is 3.29. The Morgan fingerprint density at radius 1 is 1.31 bits per heavy atom. The quantitative estimate of drug-likeness (QED) is 0.714. The molecular weight excluding hydrogens is 200 g/mol. The Bertz CT molecular complexity index is 315. The zero-order valence-electron chi connectivity index (χ0n) is 9.47. The average Bonchev–Trinajstić information content (AvgIpc) is 2.73. The van der Waals surface area contributed by atoms with Crippen molar-refractivity contribution in [3.8, 4) is 0 Å². The van der Waals surface area contributed by atoms with Crippen LogP contribution in [0.5, 0.6) is 0 Å². The van der Waals surface area contributed by atoms with Crippen LogP contribution in [0.25, 0.3) is 0 Å².